The van der Waals surface area contributed by atoms with Crippen molar-refractivity contribution < 1.29 is 0 Å². The predicted molar refractivity (Wildman–Crippen MR) is 61.9 cm³/mol. The molecule has 0 nitrogen and oxygen atoms in total. The molecular weight excluding hydrogens is 156 g/mol. The first-order valence-corrected chi connectivity index (χ1v) is 5.36. The quantitative estimate of drug-likeness (QED) is 0.577. The van der Waals surface area contributed by atoms with Crippen LogP contribution in [0, 0.1) is 0 Å². The third kappa shape index (κ3) is 4.12. The average molecular weight is 178 g/mol. The molecule has 1 rings (SSSR count). The van der Waals surface area contributed by atoms with Crippen LogP contribution in [0.15, 0.2) is 35.5 Å². The van der Waals surface area contributed by atoms with Crippen LogP contribution < -0.4 is 0 Å². The Kier molecular flexibility index (Phi) is 7.38. The van der Waals surface area contributed by atoms with E-state index in [1.165, 1.54) is 30.4 Å². The highest BCUT2D eigenvalue weighted by molar-refractivity contribution is 5.36. The molecule has 0 aliphatic heterocycles. The lowest BCUT2D eigenvalue weighted by atomic mass is 10.1. The van der Waals surface area contributed by atoms with Crippen molar-refractivity contribution in [1.82, 2.24) is 0 Å². The van der Waals surface area contributed by atoms with Gasteiger partial charge in [0.2, 0.25) is 0 Å². The molecular formula is C13H22. The highest BCUT2D eigenvalue weighted by Gasteiger charge is 2.08. The smallest absolute Gasteiger partial charge is 0.0273 e. The van der Waals surface area contributed by atoms with E-state index in [0.29, 0.717) is 0 Å². The normalized spacial score (nSPS) is 16.9. The van der Waals surface area contributed by atoms with Gasteiger partial charge < -0.3 is 0 Å². The summed E-state index contributed by atoms with van der Waals surface area (Å²) in [5, 5.41) is 0. The lowest BCUT2D eigenvalue weighted by Crippen LogP contribution is -1.74. The summed E-state index contributed by atoms with van der Waals surface area (Å²) in [7, 11) is 0. The maximum Gasteiger partial charge on any atom is -0.0273 e. The van der Waals surface area contributed by atoms with Gasteiger partial charge in [0.25, 0.3) is 0 Å². The predicted octanol–water partition coefficient (Wildman–Crippen LogP) is 4.65. The monoisotopic (exact) mass is 178 g/mol. The van der Waals surface area contributed by atoms with Crippen LogP contribution in [0.1, 0.15) is 47.0 Å². The second kappa shape index (κ2) is 7.85. The number of hydrogen-bond acceptors (Lipinski definition) is 0. The van der Waals surface area contributed by atoms with Crippen LogP contribution in [0.3, 0.4) is 0 Å². The van der Waals surface area contributed by atoms with Crippen molar-refractivity contribution in [2.75, 3.05) is 0 Å². The molecule has 0 N–H and O–H groups in total. The molecule has 0 heteroatoms. The number of hydrogen-bond donors (Lipinski definition) is 0. The van der Waals surface area contributed by atoms with Gasteiger partial charge in [-0.2, -0.15) is 0 Å². The molecule has 1 aliphatic rings. The minimum absolute atomic E-state index is 1.27. The van der Waals surface area contributed by atoms with Crippen LogP contribution in [-0.4, -0.2) is 0 Å². The maximum atomic E-state index is 2.24. The summed E-state index contributed by atoms with van der Waals surface area (Å²) in [6.45, 7) is 8.16. The molecule has 13 heavy (non-hydrogen) atoms. The molecule has 0 atom stereocenters. The zero-order valence-electron chi connectivity index (χ0n) is 9.43. The molecule has 0 bridgehead atoms. The summed E-state index contributed by atoms with van der Waals surface area (Å²) < 4.78 is 0. The second-order valence-electron chi connectivity index (χ2n) is 2.90. The fraction of sp³-hybridized carbons (Fsp3) is 0.538. The topological polar surface area (TPSA) is 0 Å². The van der Waals surface area contributed by atoms with Gasteiger partial charge in [0.1, 0.15) is 0 Å². The first kappa shape index (κ1) is 12.2. The van der Waals surface area contributed by atoms with Crippen molar-refractivity contribution in [3.05, 3.63) is 35.5 Å². The van der Waals surface area contributed by atoms with E-state index in [4.69, 9.17) is 0 Å². The molecule has 0 aromatic carbocycles. The highest BCUT2D eigenvalue weighted by Crippen LogP contribution is 2.27. The highest BCUT2D eigenvalue weighted by atomic mass is 14.1. The number of allylic oxidation sites excluding steroid dienone is 6. The molecule has 0 amide bonds. The standard InChI is InChI=1S/C11H16.C2H6/c1-3-6-10-8-5-9-11(10)7-4-2;1-2/h3-4,6-7H,5,8-9H2,1-2H3;1-2H3/b6-3-,7-4-;. The Morgan fingerprint density at radius 2 is 1.23 bits per heavy atom. The number of rotatable bonds is 2. The summed E-state index contributed by atoms with van der Waals surface area (Å²) in [5.41, 5.74) is 3.07. The van der Waals surface area contributed by atoms with Gasteiger partial charge in [-0.25, -0.2) is 0 Å². The summed E-state index contributed by atoms with van der Waals surface area (Å²) >= 11 is 0. The van der Waals surface area contributed by atoms with Gasteiger partial charge in [0, 0.05) is 0 Å². The lowest BCUT2D eigenvalue weighted by molar-refractivity contribution is 0.906. The van der Waals surface area contributed by atoms with Gasteiger partial charge in [0.15, 0.2) is 0 Å². The molecule has 0 saturated carbocycles. The third-order valence-electron chi connectivity index (χ3n) is 2.04. The van der Waals surface area contributed by atoms with Gasteiger partial charge in [-0.3, -0.25) is 0 Å². The van der Waals surface area contributed by atoms with E-state index in [-0.39, 0.29) is 0 Å². The Balaban J connectivity index is 0.000000671. The minimum Gasteiger partial charge on any atom is -0.0874 e. The Hall–Kier alpha value is -0.780. The first-order valence-electron chi connectivity index (χ1n) is 5.36. The largest absolute Gasteiger partial charge is 0.0874 e. The van der Waals surface area contributed by atoms with Crippen molar-refractivity contribution in [2.24, 2.45) is 0 Å². The third-order valence-corrected chi connectivity index (χ3v) is 2.04. The van der Waals surface area contributed by atoms with E-state index in [2.05, 4.69) is 38.2 Å². The summed E-state index contributed by atoms with van der Waals surface area (Å²) in [4.78, 5) is 0. The van der Waals surface area contributed by atoms with Gasteiger partial charge in [-0.15, -0.1) is 0 Å². The van der Waals surface area contributed by atoms with Gasteiger partial charge in [-0.05, 0) is 44.3 Å². The average Bonchev–Trinajstić information content (AvgIpc) is 2.58. The van der Waals surface area contributed by atoms with Crippen LogP contribution >= 0.6 is 0 Å². The Morgan fingerprint density at radius 1 is 0.846 bits per heavy atom. The van der Waals surface area contributed by atoms with Crippen LogP contribution in [0.5, 0.6) is 0 Å². The van der Waals surface area contributed by atoms with Crippen molar-refractivity contribution in [2.45, 2.75) is 47.0 Å². The molecule has 0 unspecified atom stereocenters. The van der Waals surface area contributed by atoms with Crippen molar-refractivity contribution in [1.29, 1.82) is 0 Å². The van der Waals surface area contributed by atoms with E-state index < -0.39 is 0 Å². The van der Waals surface area contributed by atoms with E-state index >= 15 is 0 Å². The van der Waals surface area contributed by atoms with E-state index in [1.807, 2.05) is 13.8 Å². The van der Waals surface area contributed by atoms with Crippen LogP contribution in [0.25, 0.3) is 0 Å². The second-order valence-corrected chi connectivity index (χ2v) is 2.90. The zero-order valence-corrected chi connectivity index (χ0v) is 9.43. The Morgan fingerprint density at radius 3 is 1.54 bits per heavy atom. The van der Waals surface area contributed by atoms with Crippen LogP contribution in [-0.2, 0) is 0 Å². The minimum atomic E-state index is 1.27. The molecule has 0 saturated heterocycles. The molecule has 0 spiro atoms. The maximum absolute atomic E-state index is 2.24. The van der Waals surface area contributed by atoms with Gasteiger partial charge >= 0.3 is 0 Å². The Labute approximate surface area is 83.0 Å². The molecule has 0 aromatic rings. The van der Waals surface area contributed by atoms with Gasteiger partial charge in [-0.1, -0.05) is 38.2 Å². The van der Waals surface area contributed by atoms with E-state index in [0.717, 1.165) is 0 Å². The molecule has 1 aliphatic carbocycles. The molecule has 0 heterocycles. The summed E-state index contributed by atoms with van der Waals surface area (Å²) in [5.74, 6) is 0. The molecule has 0 aromatic heterocycles. The molecule has 0 fully saturated rings. The van der Waals surface area contributed by atoms with Crippen molar-refractivity contribution >= 4 is 0 Å². The molecule has 74 valence electrons. The fourth-order valence-electron chi connectivity index (χ4n) is 1.57. The molecule has 0 radical (unpaired) electrons. The van der Waals surface area contributed by atoms with E-state index in [1.54, 1.807) is 0 Å². The SMILES string of the molecule is C/C=C\C1=C(/C=C\C)CCC1.CC. The fourth-order valence-corrected chi connectivity index (χ4v) is 1.57. The lowest BCUT2D eigenvalue weighted by Gasteiger charge is -1.94. The van der Waals surface area contributed by atoms with E-state index in [9.17, 15) is 0 Å². The first-order chi connectivity index (χ1) is 6.38. The van der Waals surface area contributed by atoms with Crippen LogP contribution in [0.2, 0.25) is 0 Å². The van der Waals surface area contributed by atoms with Crippen molar-refractivity contribution in [3.63, 3.8) is 0 Å². The summed E-state index contributed by atoms with van der Waals surface area (Å²) in [6.07, 6.45) is 12.6. The van der Waals surface area contributed by atoms with Crippen LogP contribution in [0.4, 0.5) is 0 Å². The van der Waals surface area contributed by atoms with Crippen molar-refractivity contribution in [3.8, 4) is 0 Å². The zero-order chi connectivity index (χ0) is 10.1. The summed E-state index contributed by atoms with van der Waals surface area (Å²) in [6, 6.07) is 0. The Bertz CT molecular complexity index is 182. The van der Waals surface area contributed by atoms with Gasteiger partial charge in [0.05, 0.1) is 0 Å².